The Hall–Kier alpha value is -1.84. The molecule has 2 aromatic carbocycles. The van der Waals surface area contributed by atoms with Crippen LogP contribution in [0.4, 0.5) is 0 Å². The minimum absolute atomic E-state index is 0.283. The Balaban J connectivity index is 1.72. The molecule has 1 aliphatic heterocycles. The Bertz CT molecular complexity index is 710. The van der Waals surface area contributed by atoms with Crippen molar-refractivity contribution in [2.45, 2.75) is 6.10 Å². The van der Waals surface area contributed by atoms with Crippen molar-refractivity contribution in [2.24, 2.45) is 0 Å². The highest BCUT2D eigenvalue weighted by molar-refractivity contribution is 7.22. The van der Waals surface area contributed by atoms with Gasteiger partial charge in [0.2, 0.25) is 0 Å². The van der Waals surface area contributed by atoms with E-state index in [1.54, 1.807) is 11.3 Å². The highest BCUT2D eigenvalue weighted by atomic mass is 32.1. The van der Waals surface area contributed by atoms with E-state index in [1.807, 2.05) is 12.1 Å². The van der Waals surface area contributed by atoms with Gasteiger partial charge >= 0.3 is 0 Å². The summed E-state index contributed by atoms with van der Waals surface area (Å²) in [6.45, 7) is 1.47. The summed E-state index contributed by atoms with van der Waals surface area (Å²) in [4.78, 5) is 1.25. The number of rotatable bonds is 4. The molecule has 3 aromatic rings. The molecule has 3 heteroatoms. The zero-order chi connectivity index (χ0) is 13.4. The lowest BCUT2D eigenvalue weighted by Gasteiger charge is -2.08. The van der Waals surface area contributed by atoms with Crippen molar-refractivity contribution in [3.05, 3.63) is 54.6 Å². The first kappa shape index (κ1) is 11.9. The lowest BCUT2D eigenvalue weighted by atomic mass is 10.1. The Morgan fingerprint density at radius 1 is 1.10 bits per heavy atom. The van der Waals surface area contributed by atoms with E-state index in [2.05, 4.69) is 42.5 Å². The molecule has 0 saturated carbocycles. The second-order valence-electron chi connectivity index (χ2n) is 4.91. The molecule has 0 N–H and O–H groups in total. The van der Waals surface area contributed by atoms with E-state index in [-0.39, 0.29) is 6.10 Å². The molecule has 20 heavy (non-hydrogen) atoms. The molecule has 1 aliphatic rings. The van der Waals surface area contributed by atoms with Crippen molar-refractivity contribution in [3.63, 3.8) is 0 Å². The van der Waals surface area contributed by atoms with Gasteiger partial charge in [0.25, 0.3) is 0 Å². The van der Waals surface area contributed by atoms with Crippen LogP contribution >= 0.6 is 11.3 Å². The number of para-hydroxylation sites is 1. The number of hydrogen-bond donors (Lipinski definition) is 0. The van der Waals surface area contributed by atoms with E-state index < -0.39 is 0 Å². The van der Waals surface area contributed by atoms with Crippen LogP contribution < -0.4 is 4.74 Å². The van der Waals surface area contributed by atoms with Crippen LogP contribution in [0.3, 0.4) is 0 Å². The van der Waals surface area contributed by atoms with E-state index in [0.29, 0.717) is 6.61 Å². The molecule has 1 atom stereocenters. The van der Waals surface area contributed by atoms with E-state index in [1.165, 1.54) is 15.0 Å². The number of hydrogen-bond acceptors (Lipinski definition) is 3. The van der Waals surface area contributed by atoms with Gasteiger partial charge in [0.1, 0.15) is 18.5 Å². The molecule has 2 heterocycles. The summed E-state index contributed by atoms with van der Waals surface area (Å²) in [6, 6.07) is 18.9. The Morgan fingerprint density at radius 3 is 2.75 bits per heavy atom. The van der Waals surface area contributed by atoms with Gasteiger partial charge in [-0.05, 0) is 29.7 Å². The van der Waals surface area contributed by atoms with Gasteiger partial charge in [-0.15, -0.1) is 11.3 Å². The lowest BCUT2D eigenvalue weighted by molar-refractivity contribution is 0.264. The molecule has 1 unspecified atom stereocenters. The molecule has 100 valence electrons. The normalized spacial score (nSPS) is 17.3. The second-order valence-corrected chi connectivity index (χ2v) is 5.99. The Kier molecular flexibility index (Phi) is 2.94. The molecular weight excluding hydrogens is 268 g/mol. The van der Waals surface area contributed by atoms with Crippen molar-refractivity contribution in [1.29, 1.82) is 0 Å². The Labute approximate surface area is 121 Å². The van der Waals surface area contributed by atoms with Crippen molar-refractivity contribution in [3.8, 4) is 16.2 Å². The number of ether oxygens (including phenoxy) is 2. The number of fused-ring (bicyclic) bond motifs is 1. The zero-order valence-electron chi connectivity index (χ0n) is 10.9. The van der Waals surface area contributed by atoms with Gasteiger partial charge in [-0.2, -0.15) is 0 Å². The first-order chi connectivity index (χ1) is 9.90. The summed E-state index contributed by atoms with van der Waals surface area (Å²) in [5.41, 5.74) is 1.16. The number of thiophene rings is 1. The van der Waals surface area contributed by atoms with Crippen LogP contribution in [0.15, 0.2) is 54.6 Å². The third-order valence-electron chi connectivity index (χ3n) is 3.41. The van der Waals surface area contributed by atoms with Crippen LogP contribution in [0.2, 0.25) is 0 Å². The van der Waals surface area contributed by atoms with Crippen LogP contribution in [0.5, 0.6) is 5.75 Å². The first-order valence-corrected chi connectivity index (χ1v) is 7.54. The van der Waals surface area contributed by atoms with Gasteiger partial charge < -0.3 is 9.47 Å². The van der Waals surface area contributed by atoms with Crippen LogP contribution in [-0.4, -0.2) is 19.3 Å². The molecule has 0 amide bonds. The van der Waals surface area contributed by atoms with Gasteiger partial charge in [-0.3, -0.25) is 0 Å². The summed E-state index contributed by atoms with van der Waals surface area (Å²) in [6.07, 6.45) is 0.283. The number of benzene rings is 2. The summed E-state index contributed by atoms with van der Waals surface area (Å²) in [5, 5.41) is 1.29. The minimum Gasteiger partial charge on any atom is -0.490 e. The monoisotopic (exact) mass is 282 g/mol. The van der Waals surface area contributed by atoms with Gasteiger partial charge in [0, 0.05) is 15.1 Å². The molecule has 0 bridgehead atoms. The topological polar surface area (TPSA) is 21.8 Å². The van der Waals surface area contributed by atoms with Crippen LogP contribution in [0.1, 0.15) is 0 Å². The van der Waals surface area contributed by atoms with Crippen LogP contribution in [-0.2, 0) is 4.74 Å². The quantitative estimate of drug-likeness (QED) is 0.664. The fourth-order valence-electron chi connectivity index (χ4n) is 2.26. The highest BCUT2D eigenvalue weighted by Gasteiger charge is 2.23. The SMILES string of the molecule is c1ccc(-c2cc3ccccc3s2)c(OCC2CO2)c1. The van der Waals surface area contributed by atoms with E-state index in [9.17, 15) is 0 Å². The molecule has 0 aliphatic carbocycles. The molecular formula is C17H14O2S. The molecule has 1 saturated heterocycles. The van der Waals surface area contributed by atoms with Crippen molar-refractivity contribution in [2.75, 3.05) is 13.2 Å². The summed E-state index contributed by atoms with van der Waals surface area (Å²) in [5.74, 6) is 0.939. The van der Waals surface area contributed by atoms with Crippen LogP contribution in [0.25, 0.3) is 20.5 Å². The predicted octanol–water partition coefficient (Wildman–Crippen LogP) is 4.35. The third-order valence-corrected chi connectivity index (χ3v) is 4.55. The fourth-order valence-corrected chi connectivity index (χ4v) is 3.35. The van der Waals surface area contributed by atoms with E-state index >= 15 is 0 Å². The molecule has 2 nitrogen and oxygen atoms in total. The van der Waals surface area contributed by atoms with Crippen molar-refractivity contribution < 1.29 is 9.47 Å². The molecule has 1 aromatic heterocycles. The highest BCUT2D eigenvalue weighted by Crippen LogP contribution is 2.38. The van der Waals surface area contributed by atoms with Crippen molar-refractivity contribution in [1.82, 2.24) is 0 Å². The molecule has 1 fully saturated rings. The maximum Gasteiger partial charge on any atom is 0.128 e. The van der Waals surface area contributed by atoms with Crippen molar-refractivity contribution >= 4 is 21.4 Å². The standard InChI is InChI=1S/C17H14O2S/c1-4-8-16-12(5-1)9-17(20-16)14-6-2-3-7-15(14)19-11-13-10-18-13/h1-9,13H,10-11H2. The fraction of sp³-hybridized carbons (Fsp3) is 0.176. The van der Waals surface area contributed by atoms with Crippen LogP contribution in [0, 0.1) is 0 Å². The average molecular weight is 282 g/mol. The van der Waals surface area contributed by atoms with Gasteiger partial charge in [0.15, 0.2) is 0 Å². The third kappa shape index (κ3) is 2.30. The van der Waals surface area contributed by atoms with E-state index in [4.69, 9.17) is 9.47 Å². The summed E-state index contributed by atoms with van der Waals surface area (Å²) >= 11 is 1.80. The smallest absolute Gasteiger partial charge is 0.128 e. The summed E-state index contributed by atoms with van der Waals surface area (Å²) < 4.78 is 12.4. The maximum atomic E-state index is 5.89. The zero-order valence-corrected chi connectivity index (χ0v) is 11.7. The Morgan fingerprint density at radius 2 is 1.90 bits per heavy atom. The molecule has 0 radical (unpaired) electrons. The first-order valence-electron chi connectivity index (χ1n) is 6.72. The maximum absolute atomic E-state index is 5.89. The van der Waals surface area contributed by atoms with Gasteiger partial charge in [-0.25, -0.2) is 0 Å². The van der Waals surface area contributed by atoms with Gasteiger partial charge in [0.05, 0.1) is 6.61 Å². The number of epoxide rings is 1. The average Bonchev–Trinajstić information content (AvgIpc) is 3.22. The largest absolute Gasteiger partial charge is 0.490 e. The van der Waals surface area contributed by atoms with Gasteiger partial charge in [-0.1, -0.05) is 30.3 Å². The molecule has 4 rings (SSSR count). The lowest BCUT2D eigenvalue weighted by Crippen LogP contribution is -2.04. The predicted molar refractivity (Wildman–Crippen MR) is 82.5 cm³/mol. The summed E-state index contributed by atoms with van der Waals surface area (Å²) in [7, 11) is 0. The second kappa shape index (κ2) is 4.93. The molecule has 0 spiro atoms. The minimum atomic E-state index is 0.283. The van der Waals surface area contributed by atoms with E-state index in [0.717, 1.165) is 17.9 Å².